The molecule has 27 heavy (non-hydrogen) atoms. The second-order valence-corrected chi connectivity index (χ2v) is 6.58. The van der Waals surface area contributed by atoms with Crippen molar-refractivity contribution in [1.82, 2.24) is 0 Å². The Morgan fingerprint density at radius 3 is 2.63 bits per heavy atom. The minimum Gasteiger partial charge on any atom is -0.491 e. The van der Waals surface area contributed by atoms with Crippen molar-refractivity contribution in [1.29, 1.82) is 0 Å². The Balaban J connectivity index is 1.51. The first-order valence-electron chi connectivity index (χ1n) is 9.09. The van der Waals surface area contributed by atoms with Gasteiger partial charge in [0.15, 0.2) is 0 Å². The number of amides is 2. The molecule has 1 atom stereocenters. The Morgan fingerprint density at radius 1 is 1.11 bits per heavy atom. The fourth-order valence-corrected chi connectivity index (χ4v) is 2.93. The van der Waals surface area contributed by atoms with Gasteiger partial charge in [-0.3, -0.25) is 9.59 Å². The lowest BCUT2D eigenvalue weighted by molar-refractivity contribution is -0.116. The minimum atomic E-state index is -0.123. The maximum absolute atomic E-state index is 12.3. The molecule has 0 aromatic heterocycles. The summed E-state index contributed by atoms with van der Waals surface area (Å²) in [5.74, 6) is 0.476. The molecule has 1 heterocycles. The van der Waals surface area contributed by atoms with Gasteiger partial charge in [0.2, 0.25) is 11.8 Å². The summed E-state index contributed by atoms with van der Waals surface area (Å²) in [6.45, 7) is 2.79. The van der Waals surface area contributed by atoms with Crippen molar-refractivity contribution in [2.45, 2.75) is 32.3 Å². The predicted molar refractivity (Wildman–Crippen MR) is 104 cm³/mol. The van der Waals surface area contributed by atoms with Crippen LogP contribution in [0.5, 0.6) is 5.75 Å². The number of rotatable bonds is 7. The quantitative estimate of drug-likeness (QED) is 0.785. The van der Waals surface area contributed by atoms with Crippen LogP contribution in [0.15, 0.2) is 48.5 Å². The molecule has 2 aromatic carbocycles. The van der Waals surface area contributed by atoms with Gasteiger partial charge in [0.25, 0.3) is 0 Å². The Bertz CT molecular complexity index is 783. The third-order valence-electron chi connectivity index (χ3n) is 4.22. The van der Waals surface area contributed by atoms with Crippen LogP contribution < -0.4 is 15.4 Å². The Morgan fingerprint density at radius 2 is 1.93 bits per heavy atom. The Hall–Kier alpha value is -2.86. The number of ether oxygens (including phenoxy) is 2. The monoisotopic (exact) mass is 368 g/mol. The number of hydrogen-bond donors (Lipinski definition) is 2. The van der Waals surface area contributed by atoms with E-state index < -0.39 is 0 Å². The van der Waals surface area contributed by atoms with Crippen molar-refractivity contribution in [2.75, 3.05) is 23.8 Å². The molecule has 0 radical (unpaired) electrons. The molecule has 6 heteroatoms. The fourth-order valence-electron chi connectivity index (χ4n) is 2.93. The molecular weight excluding hydrogens is 344 g/mol. The van der Waals surface area contributed by atoms with Gasteiger partial charge in [0, 0.05) is 31.0 Å². The molecule has 1 unspecified atom stereocenters. The fraction of sp³-hybridized carbons (Fsp3) is 0.333. The van der Waals surface area contributed by atoms with Crippen molar-refractivity contribution in [2.24, 2.45) is 0 Å². The first-order chi connectivity index (χ1) is 13.1. The molecule has 0 spiro atoms. The molecule has 2 aromatic rings. The molecule has 1 aliphatic heterocycles. The second-order valence-electron chi connectivity index (χ2n) is 6.58. The maximum Gasteiger partial charge on any atom is 0.228 e. The summed E-state index contributed by atoms with van der Waals surface area (Å²) in [4.78, 5) is 23.3. The van der Waals surface area contributed by atoms with Crippen LogP contribution in [0, 0.1) is 0 Å². The topological polar surface area (TPSA) is 76.7 Å². The van der Waals surface area contributed by atoms with E-state index in [0.29, 0.717) is 23.7 Å². The molecule has 3 rings (SSSR count). The summed E-state index contributed by atoms with van der Waals surface area (Å²) in [6.07, 6.45) is 2.51. The molecule has 2 N–H and O–H groups in total. The summed E-state index contributed by atoms with van der Waals surface area (Å²) >= 11 is 0. The maximum atomic E-state index is 12.3. The van der Waals surface area contributed by atoms with Gasteiger partial charge in [-0.15, -0.1) is 0 Å². The van der Waals surface area contributed by atoms with E-state index in [4.69, 9.17) is 9.47 Å². The molecule has 2 amide bonds. The van der Waals surface area contributed by atoms with Crippen LogP contribution >= 0.6 is 0 Å². The number of carbonyl (C=O) groups is 2. The third-order valence-corrected chi connectivity index (χ3v) is 4.22. The van der Waals surface area contributed by atoms with Gasteiger partial charge in [0.1, 0.15) is 12.4 Å². The van der Waals surface area contributed by atoms with Crippen LogP contribution in [-0.4, -0.2) is 31.1 Å². The first kappa shape index (κ1) is 18.9. The lowest BCUT2D eigenvalue weighted by atomic mass is 10.1. The van der Waals surface area contributed by atoms with Crippen molar-refractivity contribution in [3.63, 3.8) is 0 Å². The van der Waals surface area contributed by atoms with Gasteiger partial charge in [-0.2, -0.15) is 0 Å². The third kappa shape index (κ3) is 6.11. The first-order valence-corrected chi connectivity index (χ1v) is 9.09. The average Bonchev–Trinajstić information content (AvgIpc) is 3.15. The van der Waals surface area contributed by atoms with Crippen molar-refractivity contribution >= 4 is 23.2 Å². The van der Waals surface area contributed by atoms with Gasteiger partial charge < -0.3 is 20.1 Å². The molecule has 1 aliphatic rings. The van der Waals surface area contributed by atoms with Crippen LogP contribution in [0.4, 0.5) is 11.4 Å². The predicted octanol–water partition coefficient (Wildman–Crippen LogP) is 3.38. The Kier molecular flexibility index (Phi) is 6.44. The Labute approximate surface area is 158 Å². The molecule has 6 nitrogen and oxygen atoms in total. The van der Waals surface area contributed by atoms with Gasteiger partial charge in [-0.05, 0) is 42.7 Å². The normalized spacial score (nSPS) is 16.0. The minimum absolute atomic E-state index is 0.112. The smallest absolute Gasteiger partial charge is 0.228 e. The highest BCUT2D eigenvalue weighted by atomic mass is 16.5. The summed E-state index contributed by atoms with van der Waals surface area (Å²) in [5.41, 5.74) is 2.27. The number of benzene rings is 2. The molecule has 142 valence electrons. The van der Waals surface area contributed by atoms with Crippen LogP contribution in [-0.2, 0) is 20.7 Å². The number of nitrogens with one attached hydrogen (secondary N) is 2. The molecule has 0 bridgehead atoms. The molecular formula is C21H24N2O4. The van der Waals surface area contributed by atoms with Crippen molar-refractivity contribution < 1.29 is 19.1 Å². The van der Waals surface area contributed by atoms with Crippen LogP contribution in [0.25, 0.3) is 0 Å². The van der Waals surface area contributed by atoms with E-state index in [2.05, 4.69) is 10.6 Å². The van der Waals surface area contributed by atoms with Gasteiger partial charge in [-0.1, -0.05) is 18.2 Å². The zero-order valence-electron chi connectivity index (χ0n) is 15.4. The van der Waals surface area contributed by atoms with Gasteiger partial charge in [0.05, 0.1) is 12.5 Å². The van der Waals surface area contributed by atoms with Crippen molar-refractivity contribution in [3.05, 3.63) is 54.1 Å². The van der Waals surface area contributed by atoms with E-state index in [0.717, 1.165) is 25.0 Å². The van der Waals surface area contributed by atoms with Crippen LogP contribution in [0.3, 0.4) is 0 Å². The van der Waals surface area contributed by atoms with E-state index in [9.17, 15) is 9.59 Å². The lowest BCUT2D eigenvalue weighted by Gasteiger charge is -2.12. The van der Waals surface area contributed by atoms with E-state index in [1.54, 1.807) is 12.1 Å². The SMILES string of the molecule is CC(=O)Nc1ccc(CC(=O)Nc2cccc(OCC3CCCO3)c2)cc1. The van der Waals surface area contributed by atoms with E-state index >= 15 is 0 Å². The highest BCUT2D eigenvalue weighted by Crippen LogP contribution is 2.20. The summed E-state index contributed by atoms with van der Waals surface area (Å²) in [7, 11) is 0. The summed E-state index contributed by atoms with van der Waals surface area (Å²) in [5, 5.41) is 5.59. The standard InChI is InChI=1S/C21H24N2O4/c1-15(24)22-17-9-7-16(8-10-17)12-21(25)23-18-4-2-5-19(13-18)27-14-20-6-3-11-26-20/h2,4-5,7-10,13,20H,3,6,11-12,14H2,1H3,(H,22,24)(H,23,25). The number of anilines is 2. The van der Waals surface area contributed by atoms with Crippen LogP contribution in [0.1, 0.15) is 25.3 Å². The van der Waals surface area contributed by atoms with Gasteiger partial charge in [-0.25, -0.2) is 0 Å². The molecule has 0 aliphatic carbocycles. The number of carbonyl (C=O) groups excluding carboxylic acids is 2. The number of hydrogen-bond acceptors (Lipinski definition) is 4. The molecule has 0 saturated carbocycles. The van der Waals surface area contributed by atoms with E-state index in [1.165, 1.54) is 6.92 Å². The van der Waals surface area contributed by atoms with E-state index in [1.807, 2.05) is 36.4 Å². The zero-order valence-corrected chi connectivity index (χ0v) is 15.4. The molecule has 1 saturated heterocycles. The van der Waals surface area contributed by atoms with E-state index in [-0.39, 0.29) is 24.3 Å². The zero-order chi connectivity index (χ0) is 19.1. The highest BCUT2D eigenvalue weighted by molar-refractivity contribution is 5.92. The van der Waals surface area contributed by atoms with Crippen LogP contribution in [0.2, 0.25) is 0 Å². The second kappa shape index (κ2) is 9.19. The highest BCUT2D eigenvalue weighted by Gasteiger charge is 2.16. The average molecular weight is 368 g/mol. The van der Waals surface area contributed by atoms with Gasteiger partial charge >= 0.3 is 0 Å². The summed E-state index contributed by atoms with van der Waals surface area (Å²) in [6, 6.07) is 14.6. The summed E-state index contributed by atoms with van der Waals surface area (Å²) < 4.78 is 11.3. The van der Waals surface area contributed by atoms with Crippen molar-refractivity contribution in [3.8, 4) is 5.75 Å². The largest absolute Gasteiger partial charge is 0.491 e. The molecule has 1 fully saturated rings. The lowest BCUT2D eigenvalue weighted by Crippen LogP contribution is -2.17.